The fourth-order valence-electron chi connectivity index (χ4n) is 5.16. The van der Waals surface area contributed by atoms with Gasteiger partial charge in [0.1, 0.15) is 22.7 Å². The second-order valence-electron chi connectivity index (χ2n) is 8.94. The molecule has 6 rings (SSSR count). The first-order chi connectivity index (χ1) is 16.6. The number of benzene rings is 1. The van der Waals surface area contributed by atoms with Crippen molar-refractivity contribution in [3.05, 3.63) is 35.1 Å². The summed E-state index contributed by atoms with van der Waals surface area (Å²) in [6.45, 7) is 0.526. The zero-order valence-corrected chi connectivity index (χ0v) is 19.6. The van der Waals surface area contributed by atoms with E-state index < -0.39 is 6.30 Å². The van der Waals surface area contributed by atoms with Crippen LogP contribution in [0.2, 0.25) is 0 Å². The van der Waals surface area contributed by atoms with Gasteiger partial charge in [0, 0.05) is 28.8 Å². The minimum absolute atomic E-state index is 0.0436. The van der Waals surface area contributed by atoms with Crippen molar-refractivity contribution in [1.29, 1.82) is 0 Å². The molecule has 2 N–H and O–H groups in total. The smallest absolute Gasteiger partial charge is 0.228 e. The number of hydrogen-bond donors (Lipinski definition) is 2. The van der Waals surface area contributed by atoms with Crippen LogP contribution in [-0.4, -0.2) is 50.9 Å². The summed E-state index contributed by atoms with van der Waals surface area (Å²) in [7, 11) is 1.63. The van der Waals surface area contributed by atoms with Gasteiger partial charge in [-0.15, -0.1) is 11.3 Å². The van der Waals surface area contributed by atoms with Crippen molar-refractivity contribution in [2.75, 3.05) is 19.0 Å². The Kier molecular flexibility index (Phi) is 5.32. The lowest BCUT2D eigenvalue weighted by Gasteiger charge is -2.34. The highest BCUT2D eigenvalue weighted by Gasteiger charge is 2.35. The number of carbonyl (C=O) groups is 1. The highest BCUT2D eigenvalue weighted by Crippen LogP contribution is 2.42. The summed E-state index contributed by atoms with van der Waals surface area (Å²) in [5.41, 5.74) is 2.87. The Hall–Kier alpha value is -3.27. The van der Waals surface area contributed by atoms with Crippen LogP contribution in [0.5, 0.6) is 5.75 Å². The first-order valence-corrected chi connectivity index (χ1v) is 12.4. The minimum atomic E-state index is -1.14. The summed E-state index contributed by atoms with van der Waals surface area (Å²) >= 11 is 1.61. The van der Waals surface area contributed by atoms with Gasteiger partial charge in [-0.1, -0.05) is 0 Å². The molecule has 2 atom stereocenters. The standard InChI is InChI=1S/C24H25FN6O2S/c1-33-18-10-16-14(11-28-30-16)8-17(18)29-22-21-15-6-5-13(9-19(15)34-23(21)27-12-26-22)24(32)31-7-3-2-4-20(31)25/h8,10-13,20H,2-7,9H2,1H3,(H,28,30)(H,26,27,29)/t13-,20?/m0/s1. The van der Waals surface area contributed by atoms with E-state index in [9.17, 15) is 9.18 Å². The number of hydrogen-bond acceptors (Lipinski definition) is 7. The van der Waals surface area contributed by atoms with Gasteiger partial charge < -0.3 is 15.0 Å². The van der Waals surface area contributed by atoms with Crippen LogP contribution in [0.3, 0.4) is 0 Å². The molecule has 0 radical (unpaired) electrons. The van der Waals surface area contributed by atoms with E-state index in [1.807, 2.05) is 12.1 Å². The van der Waals surface area contributed by atoms with E-state index in [4.69, 9.17) is 4.74 Å². The Morgan fingerprint density at radius 1 is 1.29 bits per heavy atom. The number of nitrogens with one attached hydrogen (secondary N) is 2. The molecule has 1 aliphatic carbocycles. The average molecular weight is 481 g/mol. The number of likely N-dealkylation sites (tertiary alicyclic amines) is 1. The molecule has 1 aliphatic heterocycles. The molecular weight excluding hydrogens is 455 g/mol. The molecule has 0 spiro atoms. The first kappa shape index (κ1) is 21.3. The topological polar surface area (TPSA) is 96.0 Å². The number of thiophene rings is 1. The number of aryl methyl sites for hydroxylation is 1. The Morgan fingerprint density at radius 3 is 3.06 bits per heavy atom. The van der Waals surface area contributed by atoms with Crippen LogP contribution in [0.4, 0.5) is 15.9 Å². The van der Waals surface area contributed by atoms with Gasteiger partial charge in [-0.25, -0.2) is 14.4 Å². The van der Waals surface area contributed by atoms with Crippen LogP contribution in [0.15, 0.2) is 24.7 Å². The third-order valence-electron chi connectivity index (χ3n) is 6.92. The lowest BCUT2D eigenvalue weighted by atomic mass is 9.86. The number of methoxy groups -OCH3 is 1. The normalized spacial score (nSPS) is 20.5. The second-order valence-corrected chi connectivity index (χ2v) is 10.0. The Balaban J connectivity index is 1.32. The molecule has 3 aromatic heterocycles. The molecule has 4 aromatic rings. The van der Waals surface area contributed by atoms with Crippen LogP contribution < -0.4 is 10.1 Å². The average Bonchev–Trinajstić information content (AvgIpc) is 3.47. The molecule has 2 aliphatic rings. The van der Waals surface area contributed by atoms with Crippen molar-refractivity contribution in [2.24, 2.45) is 5.92 Å². The zero-order chi connectivity index (χ0) is 23.2. The number of fused-ring (bicyclic) bond motifs is 4. The maximum atomic E-state index is 14.4. The molecular formula is C24H25FN6O2S. The van der Waals surface area contributed by atoms with E-state index >= 15 is 0 Å². The lowest BCUT2D eigenvalue weighted by molar-refractivity contribution is -0.144. The number of anilines is 2. The van der Waals surface area contributed by atoms with Crippen molar-refractivity contribution in [3.63, 3.8) is 0 Å². The maximum absolute atomic E-state index is 14.4. The molecule has 10 heteroatoms. The fourth-order valence-corrected chi connectivity index (χ4v) is 6.42. The number of H-pyrrole nitrogens is 1. The molecule has 1 fully saturated rings. The van der Waals surface area contributed by atoms with Crippen molar-refractivity contribution in [3.8, 4) is 5.75 Å². The fraction of sp³-hybridized carbons (Fsp3) is 0.417. The molecule has 4 heterocycles. The van der Waals surface area contributed by atoms with Gasteiger partial charge in [0.05, 0.1) is 29.9 Å². The lowest BCUT2D eigenvalue weighted by Crippen LogP contribution is -2.45. The number of carbonyl (C=O) groups excluding carboxylic acids is 1. The monoisotopic (exact) mass is 480 g/mol. The van der Waals surface area contributed by atoms with Gasteiger partial charge >= 0.3 is 0 Å². The van der Waals surface area contributed by atoms with Gasteiger partial charge in [0.2, 0.25) is 5.91 Å². The second kappa shape index (κ2) is 8.50. The van der Waals surface area contributed by atoms with E-state index in [1.165, 1.54) is 10.5 Å². The van der Waals surface area contributed by atoms with Gasteiger partial charge in [-0.2, -0.15) is 5.10 Å². The Bertz CT molecular complexity index is 1380. The molecule has 1 unspecified atom stereocenters. The summed E-state index contributed by atoms with van der Waals surface area (Å²) < 4.78 is 20.0. The third-order valence-corrected chi connectivity index (χ3v) is 8.08. The summed E-state index contributed by atoms with van der Waals surface area (Å²) in [6.07, 6.45) is 6.44. The van der Waals surface area contributed by atoms with Crippen molar-refractivity contribution in [2.45, 2.75) is 44.8 Å². The number of aromatic amines is 1. The predicted octanol–water partition coefficient (Wildman–Crippen LogP) is 4.73. The number of rotatable bonds is 4. The number of aromatic nitrogens is 4. The van der Waals surface area contributed by atoms with Gasteiger partial charge in [-0.3, -0.25) is 9.89 Å². The largest absolute Gasteiger partial charge is 0.494 e. The number of amides is 1. The number of nitrogens with zero attached hydrogens (tertiary/aromatic N) is 4. The Morgan fingerprint density at radius 2 is 2.21 bits per heavy atom. The zero-order valence-electron chi connectivity index (χ0n) is 18.8. The first-order valence-electron chi connectivity index (χ1n) is 11.6. The van der Waals surface area contributed by atoms with Crippen molar-refractivity contribution < 1.29 is 13.9 Å². The van der Waals surface area contributed by atoms with Crippen molar-refractivity contribution >= 4 is 49.9 Å². The maximum Gasteiger partial charge on any atom is 0.228 e. The van der Waals surface area contributed by atoms with E-state index in [0.29, 0.717) is 37.4 Å². The highest BCUT2D eigenvalue weighted by molar-refractivity contribution is 7.19. The SMILES string of the molecule is COc1cc2[nH]ncc2cc1Nc1ncnc2sc3c(c12)CC[C@H](C(=O)N1CCCCC1F)C3. The van der Waals surface area contributed by atoms with Crippen LogP contribution >= 0.6 is 11.3 Å². The number of piperidine rings is 1. The van der Waals surface area contributed by atoms with Crippen LogP contribution in [0, 0.1) is 5.92 Å². The quantitative estimate of drug-likeness (QED) is 0.410. The van der Waals surface area contributed by atoms with E-state index in [0.717, 1.165) is 50.9 Å². The Labute approximate surface area is 199 Å². The molecule has 8 nitrogen and oxygen atoms in total. The number of ether oxygens (including phenoxy) is 1. The number of halogens is 1. The molecule has 1 saturated heterocycles. The summed E-state index contributed by atoms with van der Waals surface area (Å²) in [6, 6.07) is 3.88. The minimum Gasteiger partial charge on any atom is -0.494 e. The third kappa shape index (κ3) is 3.56. The molecule has 0 saturated carbocycles. The van der Waals surface area contributed by atoms with E-state index in [-0.39, 0.29) is 11.8 Å². The van der Waals surface area contributed by atoms with E-state index in [2.05, 4.69) is 25.5 Å². The molecule has 34 heavy (non-hydrogen) atoms. The summed E-state index contributed by atoms with van der Waals surface area (Å²) in [5.74, 6) is 1.18. The van der Waals surface area contributed by atoms with Gasteiger partial charge in [0.15, 0.2) is 6.30 Å². The molecule has 1 amide bonds. The van der Waals surface area contributed by atoms with Gasteiger partial charge in [0.25, 0.3) is 0 Å². The molecule has 1 aromatic carbocycles. The van der Waals surface area contributed by atoms with Gasteiger partial charge in [-0.05, 0) is 50.2 Å². The van der Waals surface area contributed by atoms with Crippen LogP contribution in [-0.2, 0) is 17.6 Å². The highest BCUT2D eigenvalue weighted by atomic mass is 32.1. The summed E-state index contributed by atoms with van der Waals surface area (Å²) in [4.78, 5) is 25.6. The van der Waals surface area contributed by atoms with Crippen LogP contribution in [0.1, 0.15) is 36.1 Å². The molecule has 176 valence electrons. The number of alkyl halides is 1. The van der Waals surface area contributed by atoms with Crippen LogP contribution in [0.25, 0.3) is 21.1 Å². The van der Waals surface area contributed by atoms with Crippen molar-refractivity contribution in [1.82, 2.24) is 25.1 Å². The van der Waals surface area contributed by atoms with E-state index in [1.54, 1.807) is 31.0 Å². The summed E-state index contributed by atoms with van der Waals surface area (Å²) in [5, 5.41) is 12.4. The predicted molar refractivity (Wildman–Crippen MR) is 129 cm³/mol. The molecule has 0 bridgehead atoms.